The molecule has 10 nitrogen and oxygen atoms in total. The fourth-order valence-electron chi connectivity index (χ4n) is 3.92. The van der Waals surface area contributed by atoms with Crippen molar-refractivity contribution >= 4 is 55.9 Å². The highest BCUT2D eigenvalue weighted by Crippen LogP contribution is 2.34. The number of thiazole rings is 1. The Morgan fingerprint density at radius 1 is 1.34 bits per heavy atom. The number of amides is 1. The van der Waals surface area contributed by atoms with Crippen molar-refractivity contribution in [2.45, 2.75) is 32.4 Å². The minimum Gasteiger partial charge on any atom is -0.465 e. The van der Waals surface area contributed by atoms with Crippen LogP contribution < -0.4 is 10.2 Å². The number of halogens is 2. The number of hydrogen-bond acceptors (Lipinski definition) is 8. The van der Waals surface area contributed by atoms with E-state index in [4.69, 9.17) is 26.1 Å². The van der Waals surface area contributed by atoms with Gasteiger partial charge in [-0.25, -0.2) is 14.8 Å². The lowest BCUT2D eigenvalue weighted by Crippen LogP contribution is -2.44. The van der Waals surface area contributed by atoms with Crippen molar-refractivity contribution in [2.24, 2.45) is 0 Å². The second-order valence-electron chi connectivity index (χ2n) is 8.09. The van der Waals surface area contributed by atoms with Crippen LogP contribution in [0.4, 0.5) is 5.13 Å². The summed E-state index contributed by atoms with van der Waals surface area (Å²) in [5.41, 5.74) is 1.66. The van der Waals surface area contributed by atoms with Gasteiger partial charge in [0, 0.05) is 50.9 Å². The molecule has 3 aromatic heterocycles. The van der Waals surface area contributed by atoms with Gasteiger partial charge in [-0.1, -0.05) is 22.9 Å². The van der Waals surface area contributed by atoms with Crippen LogP contribution in [-0.2, 0) is 16.0 Å². The van der Waals surface area contributed by atoms with Crippen LogP contribution in [0.3, 0.4) is 0 Å². The van der Waals surface area contributed by atoms with Gasteiger partial charge in [0.1, 0.15) is 16.3 Å². The molecule has 3 aromatic rings. The number of carbonyl (C=O) groups excluding carboxylic acids is 2. The molecule has 4 heterocycles. The first-order chi connectivity index (χ1) is 16.8. The van der Waals surface area contributed by atoms with E-state index in [1.165, 1.54) is 18.4 Å². The summed E-state index contributed by atoms with van der Waals surface area (Å²) in [5, 5.41) is 4.31. The smallest absolute Gasteiger partial charge is 0.350 e. The lowest BCUT2D eigenvalue weighted by atomic mass is 10.1. The van der Waals surface area contributed by atoms with E-state index >= 15 is 0 Å². The number of esters is 1. The number of anilines is 1. The van der Waals surface area contributed by atoms with Gasteiger partial charge in [0.2, 0.25) is 0 Å². The molecule has 0 saturated carbocycles. The number of H-pyrrole nitrogens is 1. The number of carbonyl (C=O) groups is 2. The van der Waals surface area contributed by atoms with Gasteiger partial charge in [0.25, 0.3) is 5.91 Å². The fraction of sp³-hybridized carbons (Fsp3) is 0.455. The Labute approximate surface area is 220 Å². The highest BCUT2D eigenvalue weighted by atomic mass is 79.9. The number of methoxy groups -OCH3 is 2. The molecule has 188 valence electrons. The summed E-state index contributed by atoms with van der Waals surface area (Å²) in [4.78, 5) is 40.0. The lowest BCUT2D eigenvalue weighted by Gasteiger charge is -2.32. The molecule has 1 fully saturated rings. The van der Waals surface area contributed by atoms with Crippen molar-refractivity contribution < 1.29 is 19.1 Å². The second-order valence-corrected chi connectivity index (χ2v) is 10.2. The predicted octanol–water partition coefficient (Wildman–Crippen LogP) is 3.89. The van der Waals surface area contributed by atoms with Crippen molar-refractivity contribution in [3.05, 3.63) is 38.2 Å². The Morgan fingerprint density at radius 2 is 2.09 bits per heavy atom. The maximum atomic E-state index is 12.7. The third-order valence-corrected chi connectivity index (χ3v) is 8.42. The zero-order valence-electron chi connectivity index (χ0n) is 19.6. The SMILES string of the molecule is COCCn1ccnc1-c1nc(N2CCC(NC(=O)c3[nH]c(C)c(Cl)c3Br)CC2)sc1C(=O)OC. The molecule has 0 radical (unpaired) electrons. The molecule has 4 rings (SSSR count). The molecule has 1 aliphatic rings. The summed E-state index contributed by atoms with van der Waals surface area (Å²) >= 11 is 10.8. The second kappa shape index (κ2) is 11.1. The van der Waals surface area contributed by atoms with Crippen molar-refractivity contribution in [1.29, 1.82) is 0 Å². The Balaban J connectivity index is 1.47. The number of piperidine rings is 1. The maximum absolute atomic E-state index is 12.7. The van der Waals surface area contributed by atoms with E-state index in [0.717, 1.165) is 23.7 Å². The number of imidazole rings is 1. The zero-order chi connectivity index (χ0) is 25.1. The van der Waals surface area contributed by atoms with Gasteiger partial charge in [-0.15, -0.1) is 0 Å². The first-order valence-electron chi connectivity index (χ1n) is 11.0. The van der Waals surface area contributed by atoms with Crippen LogP contribution in [0.25, 0.3) is 11.5 Å². The van der Waals surface area contributed by atoms with Crippen LogP contribution in [-0.4, -0.2) is 71.4 Å². The van der Waals surface area contributed by atoms with E-state index in [1.54, 1.807) is 13.3 Å². The lowest BCUT2D eigenvalue weighted by molar-refractivity contribution is 0.0606. The van der Waals surface area contributed by atoms with E-state index in [-0.39, 0.29) is 11.9 Å². The molecule has 0 unspecified atom stereocenters. The number of ether oxygens (including phenoxy) is 2. The number of rotatable bonds is 8. The molecular formula is C22H26BrClN6O4S. The first-order valence-corrected chi connectivity index (χ1v) is 13.0. The average molecular weight is 586 g/mol. The van der Waals surface area contributed by atoms with Crippen LogP contribution in [0.5, 0.6) is 0 Å². The molecular weight excluding hydrogens is 560 g/mol. The molecule has 2 N–H and O–H groups in total. The van der Waals surface area contributed by atoms with E-state index in [1.807, 2.05) is 17.7 Å². The van der Waals surface area contributed by atoms with Crippen LogP contribution in [0, 0.1) is 6.92 Å². The van der Waals surface area contributed by atoms with Crippen molar-refractivity contribution in [2.75, 3.05) is 38.8 Å². The Hall–Kier alpha value is -2.41. The minimum absolute atomic E-state index is 0.0143. The number of aromatic amines is 1. The standard InChI is InChI=1S/C22H26BrClN6O4S/c1-12-15(24)14(23)16(26-12)20(31)27-13-4-7-30(8-5-13)22-28-17(18(35-22)21(32)34-3)19-25-6-9-29(19)10-11-33-2/h6,9,13,26H,4-5,7-8,10-11H2,1-3H3,(H,27,31). The van der Waals surface area contributed by atoms with Crippen LogP contribution >= 0.6 is 38.9 Å². The molecule has 1 aliphatic heterocycles. The molecule has 0 atom stereocenters. The number of nitrogens with one attached hydrogen (secondary N) is 2. The summed E-state index contributed by atoms with van der Waals surface area (Å²) in [5.74, 6) is -0.0482. The first kappa shape index (κ1) is 25.7. The summed E-state index contributed by atoms with van der Waals surface area (Å²) in [6.45, 7) is 4.28. The summed E-state index contributed by atoms with van der Waals surface area (Å²) in [7, 11) is 2.99. The average Bonchev–Trinajstić information content (AvgIpc) is 3.57. The van der Waals surface area contributed by atoms with E-state index in [9.17, 15) is 9.59 Å². The van der Waals surface area contributed by atoms with Crippen molar-refractivity contribution in [3.8, 4) is 11.5 Å². The molecule has 0 aliphatic carbocycles. The third kappa shape index (κ3) is 5.40. The molecule has 35 heavy (non-hydrogen) atoms. The third-order valence-electron chi connectivity index (χ3n) is 5.83. The highest BCUT2D eigenvalue weighted by Gasteiger charge is 2.29. The summed E-state index contributed by atoms with van der Waals surface area (Å²) in [6, 6.07) is 0.0143. The van der Waals surface area contributed by atoms with Crippen molar-refractivity contribution in [1.82, 2.24) is 24.8 Å². The number of hydrogen-bond donors (Lipinski definition) is 2. The number of nitrogens with zero attached hydrogens (tertiary/aromatic N) is 4. The van der Waals surface area contributed by atoms with Crippen LogP contribution in [0.1, 0.15) is 38.7 Å². The fourth-order valence-corrected chi connectivity index (χ4v) is 5.67. The largest absolute Gasteiger partial charge is 0.465 e. The normalized spacial score (nSPS) is 14.4. The summed E-state index contributed by atoms with van der Waals surface area (Å²) < 4.78 is 12.7. The number of aryl methyl sites for hydroxylation is 1. The molecule has 13 heteroatoms. The predicted molar refractivity (Wildman–Crippen MR) is 137 cm³/mol. The van der Waals surface area contributed by atoms with Crippen LogP contribution in [0.2, 0.25) is 5.02 Å². The molecule has 0 aromatic carbocycles. The Bertz CT molecular complexity index is 1220. The molecule has 0 spiro atoms. The topological polar surface area (TPSA) is 114 Å². The van der Waals surface area contributed by atoms with Crippen molar-refractivity contribution in [3.63, 3.8) is 0 Å². The molecule has 1 saturated heterocycles. The molecule has 0 bridgehead atoms. The van der Waals surface area contributed by atoms with Gasteiger partial charge in [-0.05, 0) is 35.7 Å². The van der Waals surface area contributed by atoms with Gasteiger partial charge in [0.15, 0.2) is 11.0 Å². The van der Waals surface area contributed by atoms with Gasteiger partial charge >= 0.3 is 5.97 Å². The summed E-state index contributed by atoms with van der Waals surface area (Å²) in [6.07, 6.45) is 4.99. The van der Waals surface area contributed by atoms with E-state index in [0.29, 0.717) is 57.8 Å². The number of aromatic nitrogens is 4. The van der Waals surface area contributed by atoms with Gasteiger partial charge < -0.3 is 29.2 Å². The van der Waals surface area contributed by atoms with E-state index in [2.05, 4.69) is 36.1 Å². The molecule has 1 amide bonds. The van der Waals surface area contributed by atoms with Gasteiger partial charge in [0.05, 0.1) is 23.2 Å². The zero-order valence-corrected chi connectivity index (χ0v) is 22.7. The highest BCUT2D eigenvalue weighted by molar-refractivity contribution is 9.10. The maximum Gasteiger partial charge on any atom is 0.350 e. The van der Waals surface area contributed by atoms with E-state index < -0.39 is 5.97 Å². The van der Waals surface area contributed by atoms with Crippen LogP contribution in [0.15, 0.2) is 16.9 Å². The Morgan fingerprint density at radius 3 is 2.71 bits per heavy atom. The quantitative estimate of drug-likeness (QED) is 0.386. The van der Waals surface area contributed by atoms with Gasteiger partial charge in [-0.3, -0.25) is 4.79 Å². The Kier molecular flexibility index (Phi) is 8.15. The monoisotopic (exact) mass is 584 g/mol. The minimum atomic E-state index is -0.447. The van der Waals surface area contributed by atoms with Gasteiger partial charge in [-0.2, -0.15) is 0 Å².